The highest BCUT2D eigenvalue weighted by atomic mass is 35.5. The molecule has 7 heteroatoms. The Hall–Kier alpha value is -2.31. The fraction of sp³-hybridized carbons (Fsp3) is 0.333. The molecule has 0 amide bonds. The van der Waals surface area contributed by atoms with E-state index in [9.17, 15) is 4.79 Å². The van der Waals surface area contributed by atoms with Crippen LogP contribution in [0.2, 0.25) is 5.02 Å². The van der Waals surface area contributed by atoms with Crippen LogP contribution >= 0.6 is 22.9 Å². The van der Waals surface area contributed by atoms with Crippen molar-refractivity contribution < 1.29 is 9.47 Å². The summed E-state index contributed by atoms with van der Waals surface area (Å²) in [5, 5.41) is 1.24. The van der Waals surface area contributed by atoms with E-state index in [0.29, 0.717) is 29.0 Å². The molecule has 1 aromatic carbocycles. The van der Waals surface area contributed by atoms with E-state index in [1.807, 2.05) is 19.1 Å². The molecule has 0 aliphatic heterocycles. The SMILES string of the molecule is CCOc1cc(/C=C/c2nc3sc4c(c3c(=O)[nH]2)CCCC4)cc(Cl)c1OC. The zero-order valence-corrected chi connectivity index (χ0v) is 17.4. The molecule has 0 saturated heterocycles. The Labute approximate surface area is 172 Å². The van der Waals surface area contributed by atoms with E-state index < -0.39 is 0 Å². The smallest absolute Gasteiger partial charge is 0.260 e. The maximum absolute atomic E-state index is 12.6. The largest absolute Gasteiger partial charge is 0.491 e. The summed E-state index contributed by atoms with van der Waals surface area (Å²) in [5.41, 5.74) is 1.97. The average molecular weight is 417 g/mol. The molecule has 5 nitrogen and oxygen atoms in total. The first-order chi connectivity index (χ1) is 13.6. The predicted molar refractivity (Wildman–Crippen MR) is 115 cm³/mol. The van der Waals surface area contributed by atoms with Gasteiger partial charge in [0.15, 0.2) is 11.5 Å². The molecule has 28 heavy (non-hydrogen) atoms. The number of aromatic amines is 1. The monoisotopic (exact) mass is 416 g/mol. The van der Waals surface area contributed by atoms with E-state index in [2.05, 4.69) is 9.97 Å². The number of nitrogens with zero attached hydrogens (tertiary/aromatic N) is 1. The number of aromatic nitrogens is 2. The second-order valence-corrected chi connectivity index (χ2v) is 8.13. The standard InChI is InChI=1S/C21H21ClN2O3S/c1-3-27-15-11-12(10-14(22)19(15)26-2)8-9-17-23-20(25)18-13-6-4-5-7-16(13)28-21(18)24-17/h8-11H,3-7H2,1-2H3,(H,23,24,25)/b9-8+. The fourth-order valence-electron chi connectivity index (χ4n) is 3.58. The van der Waals surface area contributed by atoms with Crippen LogP contribution in [0.15, 0.2) is 16.9 Å². The molecule has 0 unspecified atom stereocenters. The fourth-order valence-corrected chi connectivity index (χ4v) is 5.15. The summed E-state index contributed by atoms with van der Waals surface area (Å²) in [5.74, 6) is 1.62. The third kappa shape index (κ3) is 3.54. The average Bonchev–Trinajstić information content (AvgIpc) is 3.05. The number of rotatable bonds is 5. The Kier molecular flexibility index (Phi) is 5.42. The molecule has 0 saturated carbocycles. The van der Waals surface area contributed by atoms with Gasteiger partial charge in [-0.1, -0.05) is 17.7 Å². The number of fused-ring (bicyclic) bond motifs is 3. The van der Waals surface area contributed by atoms with Gasteiger partial charge in [-0.25, -0.2) is 4.98 Å². The molecule has 3 aromatic rings. The van der Waals surface area contributed by atoms with Gasteiger partial charge in [0.25, 0.3) is 5.56 Å². The summed E-state index contributed by atoms with van der Waals surface area (Å²) in [4.78, 5) is 22.3. The molecule has 0 fully saturated rings. The van der Waals surface area contributed by atoms with E-state index in [-0.39, 0.29) is 5.56 Å². The molecule has 0 bridgehead atoms. The van der Waals surface area contributed by atoms with Crippen LogP contribution in [0.1, 0.15) is 41.6 Å². The van der Waals surface area contributed by atoms with Crippen molar-refractivity contribution in [3.8, 4) is 11.5 Å². The zero-order valence-electron chi connectivity index (χ0n) is 15.8. The van der Waals surface area contributed by atoms with E-state index in [4.69, 9.17) is 21.1 Å². The first-order valence-corrected chi connectivity index (χ1v) is 10.5. The van der Waals surface area contributed by atoms with Crippen LogP contribution in [0.25, 0.3) is 22.4 Å². The highest BCUT2D eigenvalue weighted by Gasteiger charge is 2.19. The Bertz CT molecular complexity index is 1120. The summed E-state index contributed by atoms with van der Waals surface area (Å²) < 4.78 is 10.9. The summed E-state index contributed by atoms with van der Waals surface area (Å²) in [7, 11) is 1.56. The van der Waals surface area contributed by atoms with Gasteiger partial charge >= 0.3 is 0 Å². The van der Waals surface area contributed by atoms with Gasteiger partial charge in [-0.15, -0.1) is 11.3 Å². The molecule has 1 aliphatic rings. The molecule has 2 heterocycles. The highest BCUT2D eigenvalue weighted by molar-refractivity contribution is 7.18. The normalized spacial score (nSPS) is 13.8. The molecule has 2 aromatic heterocycles. The van der Waals surface area contributed by atoms with Gasteiger partial charge in [0.1, 0.15) is 10.7 Å². The quantitative estimate of drug-likeness (QED) is 0.628. The first kappa shape index (κ1) is 19.0. The first-order valence-electron chi connectivity index (χ1n) is 9.33. The van der Waals surface area contributed by atoms with Gasteiger partial charge in [-0.05, 0) is 61.9 Å². The molecule has 0 atom stereocenters. The van der Waals surface area contributed by atoms with Gasteiger partial charge in [-0.3, -0.25) is 4.79 Å². The molecule has 0 spiro atoms. The number of aryl methyl sites for hydroxylation is 2. The molecule has 146 valence electrons. The number of hydrogen-bond acceptors (Lipinski definition) is 5. The number of ether oxygens (including phenoxy) is 2. The topological polar surface area (TPSA) is 64.2 Å². The van der Waals surface area contributed by atoms with Gasteiger partial charge in [0.05, 0.1) is 24.1 Å². The highest BCUT2D eigenvalue weighted by Crippen LogP contribution is 2.37. The van der Waals surface area contributed by atoms with Crippen molar-refractivity contribution >= 4 is 45.3 Å². The van der Waals surface area contributed by atoms with Crippen LogP contribution in [-0.4, -0.2) is 23.7 Å². The predicted octanol–water partition coefficient (Wildman–Crippen LogP) is 5.09. The number of halogens is 1. The van der Waals surface area contributed by atoms with Crippen molar-refractivity contribution in [3.63, 3.8) is 0 Å². The van der Waals surface area contributed by atoms with Crippen molar-refractivity contribution in [2.24, 2.45) is 0 Å². The van der Waals surface area contributed by atoms with Gasteiger partial charge in [-0.2, -0.15) is 0 Å². The van der Waals surface area contributed by atoms with Crippen LogP contribution in [-0.2, 0) is 12.8 Å². The van der Waals surface area contributed by atoms with Crippen LogP contribution in [0, 0.1) is 0 Å². The van der Waals surface area contributed by atoms with Crippen molar-refractivity contribution in [2.75, 3.05) is 13.7 Å². The lowest BCUT2D eigenvalue weighted by atomic mass is 9.97. The van der Waals surface area contributed by atoms with Gasteiger partial charge in [0.2, 0.25) is 0 Å². The third-order valence-electron chi connectivity index (χ3n) is 4.81. The second kappa shape index (κ2) is 7.97. The van der Waals surface area contributed by atoms with E-state index in [1.165, 1.54) is 16.9 Å². The van der Waals surface area contributed by atoms with E-state index in [1.54, 1.807) is 30.6 Å². The van der Waals surface area contributed by atoms with E-state index >= 15 is 0 Å². The minimum Gasteiger partial charge on any atom is -0.491 e. The summed E-state index contributed by atoms with van der Waals surface area (Å²) in [6, 6.07) is 3.64. The van der Waals surface area contributed by atoms with Gasteiger partial charge < -0.3 is 14.5 Å². The Morgan fingerprint density at radius 3 is 2.89 bits per heavy atom. The number of thiophene rings is 1. The third-order valence-corrected chi connectivity index (χ3v) is 6.28. The lowest BCUT2D eigenvalue weighted by molar-refractivity contribution is 0.311. The Morgan fingerprint density at radius 1 is 1.29 bits per heavy atom. The molecular weight excluding hydrogens is 396 g/mol. The summed E-state index contributed by atoms with van der Waals surface area (Å²) in [6.45, 7) is 2.41. The molecule has 0 radical (unpaired) electrons. The van der Waals surface area contributed by atoms with E-state index in [0.717, 1.165) is 35.0 Å². The minimum absolute atomic E-state index is 0.0631. The molecule has 1 aliphatic carbocycles. The van der Waals surface area contributed by atoms with Crippen molar-refractivity contribution in [1.29, 1.82) is 0 Å². The number of nitrogens with one attached hydrogen (secondary N) is 1. The van der Waals surface area contributed by atoms with Gasteiger partial charge in [0, 0.05) is 4.88 Å². The maximum Gasteiger partial charge on any atom is 0.260 e. The lowest BCUT2D eigenvalue weighted by Gasteiger charge is -2.11. The van der Waals surface area contributed by atoms with Crippen molar-refractivity contribution in [2.45, 2.75) is 32.6 Å². The second-order valence-electron chi connectivity index (χ2n) is 6.64. The Balaban J connectivity index is 1.70. The molecule has 4 rings (SSSR count). The minimum atomic E-state index is -0.0631. The molecule has 1 N–H and O–H groups in total. The van der Waals surface area contributed by atoms with Crippen LogP contribution < -0.4 is 15.0 Å². The van der Waals surface area contributed by atoms with Crippen LogP contribution in [0.4, 0.5) is 0 Å². The van der Waals surface area contributed by atoms with Crippen LogP contribution in [0.5, 0.6) is 11.5 Å². The lowest BCUT2D eigenvalue weighted by Crippen LogP contribution is -2.11. The molecular formula is C21H21ClN2O3S. The number of methoxy groups -OCH3 is 1. The summed E-state index contributed by atoms with van der Waals surface area (Å²) >= 11 is 7.95. The Morgan fingerprint density at radius 2 is 2.11 bits per heavy atom. The van der Waals surface area contributed by atoms with Crippen molar-refractivity contribution in [1.82, 2.24) is 9.97 Å². The summed E-state index contributed by atoms with van der Waals surface area (Å²) in [6.07, 6.45) is 7.98. The zero-order chi connectivity index (χ0) is 19.7. The number of hydrogen-bond donors (Lipinski definition) is 1. The van der Waals surface area contributed by atoms with Crippen molar-refractivity contribution in [3.05, 3.63) is 49.3 Å². The van der Waals surface area contributed by atoms with Crippen LogP contribution in [0.3, 0.4) is 0 Å². The number of benzene rings is 1. The number of H-pyrrole nitrogens is 1. The maximum atomic E-state index is 12.6.